The summed E-state index contributed by atoms with van der Waals surface area (Å²) in [7, 11) is 0. The molecule has 2 rings (SSSR count). The lowest BCUT2D eigenvalue weighted by Crippen LogP contribution is -2.42. The minimum atomic E-state index is -4.36. The predicted molar refractivity (Wildman–Crippen MR) is 70.6 cm³/mol. The fourth-order valence-corrected chi connectivity index (χ4v) is 2.51. The lowest BCUT2D eigenvalue weighted by atomic mass is 9.90. The highest BCUT2D eigenvalue weighted by Gasteiger charge is 2.36. The number of halogens is 3. The van der Waals surface area contributed by atoms with Crippen LogP contribution >= 0.6 is 0 Å². The number of hydrogen-bond donors (Lipinski definition) is 1. The number of carbonyl (C=O) groups is 1. The number of nitrogens with one attached hydrogen (secondary N) is 1. The lowest BCUT2D eigenvalue weighted by Gasteiger charge is -2.31. The molecule has 1 heterocycles. The summed E-state index contributed by atoms with van der Waals surface area (Å²) in [6.07, 6.45) is -3.84. The molecule has 0 spiro atoms. The Morgan fingerprint density at radius 2 is 2.10 bits per heavy atom. The average Bonchev–Trinajstić information content (AvgIpc) is 2.42. The largest absolute Gasteiger partial charge is 0.406 e. The zero-order valence-corrected chi connectivity index (χ0v) is 11.2. The van der Waals surface area contributed by atoms with E-state index < -0.39 is 24.5 Å². The van der Waals surface area contributed by atoms with Crippen LogP contribution < -0.4 is 5.32 Å². The molecule has 0 fully saturated rings. The summed E-state index contributed by atoms with van der Waals surface area (Å²) in [5.41, 5.74) is 1.62. The van der Waals surface area contributed by atoms with E-state index in [0.717, 1.165) is 16.2 Å². The SMILES string of the molecule is CCN(CC(F)(F)F)C(=O)C1CCNc2ccccc21. The first-order valence-corrected chi connectivity index (χ1v) is 6.60. The minimum Gasteiger partial charge on any atom is -0.385 e. The first kappa shape index (κ1) is 14.7. The van der Waals surface area contributed by atoms with E-state index in [-0.39, 0.29) is 6.54 Å². The smallest absolute Gasteiger partial charge is 0.385 e. The van der Waals surface area contributed by atoms with E-state index in [1.165, 1.54) is 0 Å². The highest BCUT2D eigenvalue weighted by molar-refractivity contribution is 5.86. The summed E-state index contributed by atoms with van der Waals surface area (Å²) in [6, 6.07) is 7.28. The number of alkyl halides is 3. The van der Waals surface area contributed by atoms with Gasteiger partial charge in [0, 0.05) is 18.8 Å². The standard InChI is InChI=1S/C14H17F3N2O/c1-2-19(9-14(15,16)17)13(20)11-7-8-18-12-6-4-3-5-10(11)12/h3-6,11,18H,2,7-9H2,1H3. The van der Waals surface area contributed by atoms with Crippen LogP contribution in [-0.4, -0.2) is 36.6 Å². The van der Waals surface area contributed by atoms with Gasteiger partial charge in [-0.2, -0.15) is 13.2 Å². The molecule has 1 aliphatic heterocycles. The molecule has 0 saturated heterocycles. The molecule has 1 amide bonds. The quantitative estimate of drug-likeness (QED) is 0.926. The molecule has 1 unspecified atom stereocenters. The average molecular weight is 286 g/mol. The Morgan fingerprint density at radius 1 is 1.40 bits per heavy atom. The first-order chi connectivity index (χ1) is 9.42. The Balaban J connectivity index is 2.21. The highest BCUT2D eigenvalue weighted by Crippen LogP contribution is 2.33. The van der Waals surface area contributed by atoms with E-state index in [1.54, 1.807) is 19.1 Å². The van der Waals surface area contributed by atoms with Crippen LogP contribution in [0.15, 0.2) is 24.3 Å². The van der Waals surface area contributed by atoms with Crippen molar-refractivity contribution in [2.45, 2.75) is 25.4 Å². The maximum absolute atomic E-state index is 12.5. The van der Waals surface area contributed by atoms with Gasteiger partial charge in [0.05, 0.1) is 5.92 Å². The summed E-state index contributed by atoms with van der Waals surface area (Å²) < 4.78 is 37.5. The van der Waals surface area contributed by atoms with Gasteiger partial charge in [-0.1, -0.05) is 18.2 Å². The zero-order valence-electron chi connectivity index (χ0n) is 11.2. The number of amides is 1. The van der Waals surface area contributed by atoms with E-state index in [9.17, 15) is 18.0 Å². The molecule has 0 bridgehead atoms. The van der Waals surface area contributed by atoms with Gasteiger partial charge in [-0.25, -0.2) is 0 Å². The van der Waals surface area contributed by atoms with E-state index in [4.69, 9.17) is 0 Å². The molecule has 1 N–H and O–H groups in total. The number of likely N-dealkylation sites (N-methyl/N-ethyl adjacent to an activating group) is 1. The summed E-state index contributed by atoms with van der Waals surface area (Å²) in [6.45, 7) is 1.03. The Morgan fingerprint density at radius 3 is 2.75 bits per heavy atom. The van der Waals surface area contributed by atoms with Crippen molar-refractivity contribution in [1.82, 2.24) is 4.90 Å². The molecule has 0 aromatic heterocycles. The van der Waals surface area contributed by atoms with E-state index in [0.29, 0.717) is 13.0 Å². The lowest BCUT2D eigenvalue weighted by molar-refractivity contribution is -0.161. The van der Waals surface area contributed by atoms with Gasteiger partial charge in [-0.15, -0.1) is 0 Å². The maximum atomic E-state index is 12.5. The zero-order chi connectivity index (χ0) is 14.8. The van der Waals surface area contributed by atoms with Gasteiger partial charge in [0.25, 0.3) is 0 Å². The first-order valence-electron chi connectivity index (χ1n) is 6.60. The number of carbonyl (C=O) groups excluding carboxylic acids is 1. The van der Waals surface area contributed by atoms with Crippen molar-refractivity contribution in [1.29, 1.82) is 0 Å². The molecular weight excluding hydrogens is 269 g/mol. The van der Waals surface area contributed by atoms with Crippen LogP contribution in [0.25, 0.3) is 0 Å². The molecule has 110 valence electrons. The number of anilines is 1. The molecule has 1 aromatic rings. The molecule has 1 aromatic carbocycles. The molecule has 1 atom stereocenters. The van der Waals surface area contributed by atoms with E-state index in [2.05, 4.69) is 5.32 Å². The molecule has 1 aliphatic rings. The molecule has 20 heavy (non-hydrogen) atoms. The third-order valence-electron chi connectivity index (χ3n) is 3.45. The molecular formula is C14H17F3N2O. The fraction of sp³-hybridized carbons (Fsp3) is 0.500. The third-order valence-corrected chi connectivity index (χ3v) is 3.45. The van der Waals surface area contributed by atoms with Gasteiger partial charge in [-0.05, 0) is 25.0 Å². The summed E-state index contributed by atoms with van der Waals surface area (Å²) in [5, 5.41) is 3.16. The van der Waals surface area contributed by atoms with Gasteiger partial charge in [0.15, 0.2) is 0 Å². The van der Waals surface area contributed by atoms with Crippen molar-refractivity contribution in [2.24, 2.45) is 0 Å². The van der Waals surface area contributed by atoms with Crippen LogP contribution in [0.4, 0.5) is 18.9 Å². The van der Waals surface area contributed by atoms with Crippen molar-refractivity contribution >= 4 is 11.6 Å². The van der Waals surface area contributed by atoms with Crippen molar-refractivity contribution in [3.05, 3.63) is 29.8 Å². The van der Waals surface area contributed by atoms with Crippen molar-refractivity contribution in [3.63, 3.8) is 0 Å². The molecule has 0 aliphatic carbocycles. The van der Waals surface area contributed by atoms with Gasteiger partial charge < -0.3 is 10.2 Å². The maximum Gasteiger partial charge on any atom is 0.406 e. The van der Waals surface area contributed by atoms with Gasteiger partial charge >= 0.3 is 6.18 Å². The predicted octanol–water partition coefficient (Wildman–Crippen LogP) is 3.00. The van der Waals surface area contributed by atoms with E-state index in [1.807, 2.05) is 12.1 Å². The Hall–Kier alpha value is -1.72. The van der Waals surface area contributed by atoms with Crippen molar-refractivity contribution in [2.75, 3.05) is 25.0 Å². The molecule has 6 heteroatoms. The Bertz CT molecular complexity index is 488. The number of para-hydroxylation sites is 1. The second kappa shape index (κ2) is 5.73. The van der Waals surface area contributed by atoms with Crippen molar-refractivity contribution in [3.8, 4) is 0 Å². The number of fused-ring (bicyclic) bond motifs is 1. The van der Waals surface area contributed by atoms with Crippen molar-refractivity contribution < 1.29 is 18.0 Å². The summed E-state index contributed by atoms with van der Waals surface area (Å²) in [5.74, 6) is -0.937. The Labute approximate surface area is 115 Å². The van der Waals surface area contributed by atoms with Gasteiger partial charge in [-0.3, -0.25) is 4.79 Å². The number of nitrogens with zero attached hydrogens (tertiary/aromatic N) is 1. The second-order valence-corrected chi connectivity index (χ2v) is 4.82. The Kier molecular flexibility index (Phi) is 4.20. The minimum absolute atomic E-state index is 0.0600. The van der Waals surface area contributed by atoms with Crippen LogP contribution in [0.1, 0.15) is 24.8 Å². The normalized spacial score (nSPS) is 18.1. The number of rotatable bonds is 3. The molecule has 0 saturated carbocycles. The van der Waals surface area contributed by atoms with Gasteiger partial charge in [0.2, 0.25) is 5.91 Å². The van der Waals surface area contributed by atoms with E-state index >= 15 is 0 Å². The van der Waals surface area contributed by atoms with Gasteiger partial charge in [0.1, 0.15) is 6.54 Å². The van der Waals surface area contributed by atoms with Crippen LogP contribution in [0, 0.1) is 0 Å². The second-order valence-electron chi connectivity index (χ2n) is 4.82. The molecule has 0 radical (unpaired) electrons. The van der Waals surface area contributed by atoms with Crippen LogP contribution in [0.5, 0.6) is 0 Å². The monoisotopic (exact) mass is 286 g/mol. The van der Waals surface area contributed by atoms with Crippen LogP contribution in [-0.2, 0) is 4.79 Å². The summed E-state index contributed by atoms with van der Waals surface area (Å²) in [4.78, 5) is 13.2. The highest BCUT2D eigenvalue weighted by atomic mass is 19.4. The molecule has 3 nitrogen and oxygen atoms in total. The van der Waals surface area contributed by atoms with Crippen LogP contribution in [0.2, 0.25) is 0 Å². The van der Waals surface area contributed by atoms with Crippen LogP contribution in [0.3, 0.4) is 0 Å². The topological polar surface area (TPSA) is 32.3 Å². The summed E-state index contributed by atoms with van der Waals surface area (Å²) >= 11 is 0. The third kappa shape index (κ3) is 3.23. The number of benzene rings is 1. The fourth-order valence-electron chi connectivity index (χ4n) is 2.51. The number of hydrogen-bond acceptors (Lipinski definition) is 2.